The van der Waals surface area contributed by atoms with Gasteiger partial charge in [-0.1, -0.05) is 13.8 Å². The van der Waals surface area contributed by atoms with Crippen molar-refractivity contribution in [1.29, 1.82) is 0 Å². The minimum atomic E-state index is -0.239. The molecule has 0 aromatic carbocycles. The summed E-state index contributed by atoms with van der Waals surface area (Å²) in [5, 5.41) is 6.35. The lowest BCUT2D eigenvalue weighted by atomic mass is 9.79. The molecule has 106 valence electrons. The van der Waals surface area contributed by atoms with Gasteiger partial charge in [0.2, 0.25) is 0 Å². The molecule has 0 amide bonds. The first kappa shape index (κ1) is 14.3. The van der Waals surface area contributed by atoms with Crippen molar-refractivity contribution in [1.82, 2.24) is 4.98 Å². The smallest absolute Gasteiger partial charge is 0.311 e. The average molecular weight is 282 g/mol. The number of aromatic nitrogens is 1. The van der Waals surface area contributed by atoms with Crippen LogP contribution in [0.1, 0.15) is 38.8 Å². The second-order valence-corrected chi connectivity index (χ2v) is 6.36. The molecule has 5 heteroatoms. The zero-order valence-corrected chi connectivity index (χ0v) is 12.6. The number of hydrogen-bond acceptors (Lipinski definition) is 5. The first-order valence-corrected chi connectivity index (χ1v) is 7.74. The lowest BCUT2D eigenvalue weighted by Gasteiger charge is -2.32. The molecule has 1 aromatic rings. The van der Waals surface area contributed by atoms with E-state index in [1.54, 1.807) is 11.3 Å². The quantitative estimate of drug-likeness (QED) is 0.862. The molecule has 0 bridgehead atoms. The molecule has 19 heavy (non-hydrogen) atoms. The van der Waals surface area contributed by atoms with E-state index in [4.69, 9.17) is 0 Å². The molecule has 4 nitrogen and oxygen atoms in total. The number of thiazole rings is 1. The van der Waals surface area contributed by atoms with Gasteiger partial charge in [0, 0.05) is 11.4 Å². The first-order valence-electron chi connectivity index (χ1n) is 6.86. The Balaban J connectivity index is 1.88. The fourth-order valence-electron chi connectivity index (χ4n) is 2.53. The Kier molecular flexibility index (Phi) is 4.80. The van der Waals surface area contributed by atoms with E-state index in [9.17, 15) is 4.79 Å². The van der Waals surface area contributed by atoms with Gasteiger partial charge in [0.25, 0.3) is 0 Å². The number of carbonyl (C=O) groups excluding carboxylic acids is 1. The van der Waals surface area contributed by atoms with Crippen LogP contribution in [-0.2, 0) is 16.0 Å². The predicted octanol–water partition coefficient (Wildman–Crippen LogP) is 3.10. The summed E-state index contributed by atoms with van der Waals surface area (Å²) in [5.41, 5.74) is 0.788. The second-order valence-electron chi connectivity index (χ2n) is 5.51. The largest absolute Gasteiger partial charge is 0.469 e. The zero-order valence-electron chi connectivity index (χ0n) is 11.8. The van der Waals surface area contributed by atoms with E-state index in [0.29, 0.717) is 6.04 Å². The standard InChI is InChI=1S/C14H22N2O2S/c1-9-4-5-11(6-10(9)2)15-14-16-12(8-19-14)7-13(17)18-3/h8-11H,4-7H2,1-3H3,(H,15,16). The van der Waals surface area contributed by atoms with Crippen molar-refractivity contribution in [3.8, 4) is 0 Å². The molecule has 1 aliphatic carbocycles. The highest BCUT2D eigenvalue weighted by Gasteiger charge is 2.24. The topological polar surface area (TPSA) is 51.2 Å². The molecule has 1 saturated carbocycles. The fraction of sp³-hybridized carbons (Fsp3) is 0.714. The van der Waals surface area contributed by atoms with Gasteiger partial charge in [0.1, 0.15) is 0 Å². The van der Waals surface area contributed by atoms with Crippen LogP contribution in [-0.4, -0.2) is 24.1 Å². The second kappa shape index (κ2) is 6.37. The summed E-state index contributed by atoms with van der Waals surface area (Å²) >= 11 is 1.57. The fourth-order valence-corrected chi connectivity index (χ4v) is 3.32. The van der Waals surface area contributed by atoms with Gasteiger partial charge in [0.15, 0.2) is 5.13 Å². The van der Waals surface area contributed by atoms with Crippen molar-refractivity contribution in [2.24, 2.45) is 11.8 Å². The Morgan fingerprint density at radius 3 is 2.95 bits per heavy atom. The van der Waals surface area contributed by atoms with Gasteiger partial charge in [-0.3, -0.25) is 4.79 Å². The summed E-state index contributed by atoms with van der Waals surface area (Å²) < 4.78 is 4.64. The number of ether oxygens (including phenoxy) is 1. The third-order valence-electron chi connectivity index (χ3n) is 4.03. The number of anilines is 1. The summed E-state index contributed by atoms with van der Waals surface area (Å²) in [6.07, 6.45) is 3.94. The number of carbonyl (C=O) groups is 1. The van der Waals surface area contributed by atoms with Gasteiger partial charge in [-0.15, -0.1) is 11.3 Å². The summed E-state index contributed by atoms with van der Waals surface area (Å²) in [7, 11) is 1.40. The molecule has 1 aliphatic rings. The van der Waals surface area contributed by atoms with Crippen LogP contribution in [0.15, 0.2) is 5.38 Å². The first-order chi connectivity index (χ1) is 9.08. The molecule has 0 saturated heterocycles. The van der Waals surface area contributed by atoms with E-state index in [0.717, 1.165) is 22.7 Å². The Labute approximate surface area is 118 Å². The Morgan fingerprint density at radius 2 is 2.26 bits per heavy atom. The van der Waals surface area contributed by atoms with Gasteiger partial charge in [-0.05, 0) is 31.1 Å². The van der Waals surface area contributed by atoms with Crippen LogP contribution in [0.3, 0.4) is 0 Å². The Hall–Kier alpha value is -1.10. The summed E-state index contributed by atoms with van der Waals surface area (Å²) in [5.74, 6) is 1.35. The number of nitrogens with zero attached hydrogens (tertiary/aromatic N) is 1. The molecule has 1 fully saturated rings. The van der Waals surface area contributed by atoms with E-state index in [1.807, 2.05) is 5.38 Å². The van der Waals surface area contributed by atoms with Crippen LogP contribution < -0.4 is 5.32 Å². The maximum Gasteiger partial charge on any atom is 0.311 e. The van der Waals surface area contributed by atoms with Crippen LogP contribution in [0.5, 0.6) is 0 Å². The lowest BCUT2D eigenvalue weighted by molar-refractivity contribution is -0.139. The molecule has 1 N–H and O–H groups in total. The minimum Gasteiger partial charge on any atom is -0.469 e. The molecule has 1 heterocycles. The van der Waals surface area contributed by atoms with E-state index in [-0.39, 0.29) is 12.4 Å². The number of hydrogen-bond donors (Lipinski definition) is 1. The van der Waals surface area contributed by atoms with Crippen LogP contribution >= 0.6 is 11.3 Å². The van der Waals surface area contributed by atoms with Crippen molar-refractivity contribution in [2.75, 3.05) is 12.4 Å². The number of rotatable bonds is 4. The van der Waals surface area contributed by atoms with Crippen molar-refractivity contribution in [3.05, 3.63) is 11.1 Å². The maximum absolute atomic E-state index is 11.2. The molecule has 0 aliphatic heterocycles. The SMILES string of the molecule is COC(=O)Cc1csc(NC2CCC(C)C(C)C2)n1. The molecular weight excluding hydrogens is 260 g/mol. The normalized spacial score (nSPS) is 27.0. The van der Waals surface area contributed by atoms with E-state index >= 15 is 0 Å². The number of esters is 1. The lowest BCUT2D eigenvalue weighted by Crippen LogP contribution is -2.30. The molecule has 1 aromatic heterocycles. The molecule has 2 rings (SSSR count). The molecule has 3 unspecified atom stereocenters. The average Bonchev–Trinajstić information content (AvgIpc) is 2.81. The minimum absolute atomic E-state index is 0.239. The Morgan fingerprint density at radius 1 is 1.47 bits per heavy atom. The van der Waals surface area contributed by atoms with Crippen LogP contribution in [0.4, 0.5) is 5.13 Å². The third kappa shape index (κ3) is 3.93. The predicted molar refractivity (Wildman–Crippen MR) is 77.4 cm³/mol. The third-order valence-corrected chi connectivity index (χ3v) is 4.85. The van der Waals surface area contributed by atoms with E-state index in [1.165, 1.54) is 26.4 Å². The number of nitrogens with one attached hydrogen (secondary N) is 1. The molecule has 3 atom stereocenters. The van der Waals surface area contributed by atoms with Crippen LogP contribution in [0.2, 0.25) is 0 Å². The molecule has 0 radical (unpaired) electrons. The van der Waals surface area contributed by atoms with Gasteiger partial charge < -0.3 is 10.1 Å². The van der Waals surface area contributed by atoms with Gasteiger partial charge >= 0.3 is 5.97 Å². The van der Waals surface area contributed by atoms with Crippen LogP contribution in [0.25, 0.3) is 0 Å². The van der Waals surface area contributed by atoms with E-state index < -0.39 is 0 Å². The zero-order chi connectivity index (χ0) is 13.8. The monoisotopic (exact) mass is 282 g/mol. The summed E-state index contributed by atoms with van der Waals surface area (Å²) in [6, 6.07) is 0.517. The van der Waals surface area contributed by atoms with Crippen molar-refractivity contribution in [3.63, 3.8) is 0 Å². The van der Waals surface area contributed by atoms with Crippen LogP contribution in [0, 0.1) is 11.8 Å². The van der Waals surface area contributed by atoms with Gasteiger partial charge in [0.05, 0.1) is 19.2 Å². The van der Waals surface area contributed by atoms with Gasteiger partial charge in [-0.25, -0.2) is 4.98 Å². The summed E-state index contributed by atoms with van der Waals surface area (Å²) in [4.78, 5) is 15.6. The van der Waals surface area contributed by atoms with Crippen molar-refractivity contribution < 1.29 is 9.53 Å². The highest BCUT2D eigenvalue weighted by molar-refractivity contribution is 7.13. The molecule has 0 spiro atoms. The molecular formula is C14H22N2O2S. The summed E-state index contributed by atoms with van der Waals surface area (Å²) in [6.45, 7) is 4.65. The van der Waals surface area contributed by atoms with Crippen molar-refractivity contribution >= 4 is 22.4 Å². The van der Waals surface area contributed by atoms with Gasteiger partial charge in [-0.2, -0.15) is 0 Å². The van der Waals surface area contributed by atoms with Crippen molar-refractivity contribution in [2.45, 2.75) is 45.6 Å². The highest BCUT2D eigenvalue weighted by atomic mass is 32.1. The number of methoxy groups -OCH3 is 1. The highest BCUT2D eigenvalue weighted by Crippen LogP contribution is 2.31. The maximum atomic E-state index is 11.2. The Bertz CT molecular complexity index is 433. The van der Waals surface area contributed by atoms with E-state index in [2.05, 4.69) is 28.9 Å².